The van der Waals surface area contributed by atoms with Gasteiger partial charge in [0.05, 0.1) is 30.8 Å². The van der Waals surface area contributed by atoms with E-state index < -0.39 is 31.2 Å². The molecule has 10 nitrogen and oxygen atoms in total. The molecule has 11 heteroatoms. The molecule has 2 fully saturated rings. The summed E-state index contributed by atoms with van der Waals surface area (Å²) >= 11 is 0. The molecule has 0 aromatic heterocycles. The number of nitrogens with one attached hydrogen (secondary N) is 1. The number of hydrogen-bond acceptors (Lipinski definition) is 8. The van der Waals surface area contributed by atoms with Crippen LogP contribution in [0.3, 0.4) is 0 Å². The number of rotatable bonds is 10. The van der Waals surface area contributed by atoms with E-state index in [4.69, 9.17) is 9.47 Å². The highest BCUT2D eigenvalue weighted by Gasteiger charge is 2.39. The number of benzene rings is 1. The second kappa shape index (κ2) is 15.0. The summed E-state index contributed by atoms with van der Waals surface area (Å²) in [6.07, 6.45) is 1.93. The second-order valence-electron chi connectivity index (χ2n) is 12.4. The molecule has 2 saturated heterocycles. The number of ether oxygens (including phenoxy) is 2. The fourth-order valence-electron chi connectivity index (χ4n) is 6.16. The summed E-state index contributed by atoms with van der Waals surface area (Å²) < 4.78 is 11.5. The molecule has 3 N–H and O–H groups in total. The standard InChI is InChI=1S/C30H47BN4O6/c1-21(16-30(4,5)35-18-22(2)40-23(3)19-35)26(17-32)28(36)34-14-10-9-13-25(20-34)41-29(37)33-27(31(38)39)15-24-11-7-6-8-12-24/h6-8,11-12,21-23,25-27,38-39H,9-10,13-16,18-20H2,1-5H3,(H,33,37)/t21?,22-,23-,25+,26?,27-/m0/s1. The molecule has 0 radical (unpaired) electrons. The van der Waals surface area contributed by atoms with Gasteiger partial charge in [0.15, 0.2) is 0 Å². The van der Waals surface area contributed by atoms with Crippen molar-refractivity contribution in [2.45, 2.75) is 96.5 Å². The summed E-state index contributed by atoms with van der Waals surface area (Å²) in [6.45, 7) is 12.7. The molecule has 2 aliphatic rings. The zero-order valence-corrected chi connectivity index (χ0v) is 25.2. The van der Waals surface area contributed by atoms with Crippen LogP contribution in [0, 0.1) is 23.2 Å². The molecule has 0 spiro atoms. The molecule has 2 amide bonds. The lowest BCUT2D eigenvalue weighted by molar-refractivity contribution is -0.137. The van der Waals surface area contributed by atoms with Crippen LogP contribution in [0.1, 0.15) is 65.9 Å². The normalized spacial score (nSPS) is 24.3. The number of morpholine rings is 1. The van der Waals surface area contributed by atoms with Gasteiger partial charge in [-0.05, 0) is 71.3 Å². The highest BCUT2D eigenvalue weighted by Crippen LogP contribution is 2.31. The van der Waals surface area contributed by atoms with Gasteiger partial charge in [-0.2, -0.15) is 5.26 Å². The van der Waals surface area contributed by atoms with Gasteiger partial charge in [0.25, 0.3) is 0 Å². The van der Waals surface area contributed by atoms with Crippen molar-refractivity contribution >= 4 is 19.1 Å². The van der Waals surface area contributed by atoms with E-state index in [1.165, 1.54) is 0 Å². The van der Waals surface area contributed by atoms with Crippen LogP contribution in [0.4, 0.5) is 4.79 Å². The maximum absolute atomic E-state index is 13.6. The average Bonchev–Trinajstić information content (AvgIpc) is 3.14. The Labute approximate surface area is 245 Å². The molecule has 0 aliphatic carbocycles. The molecular formula is C30H47BN4O6. The van der Waals surface area contributed by atoms with E-state index in [-0.39, 0.29) is 42.5 Å². The van der Waals surface area contributed by atoms with Crippen molar-refractivity contribution < 1.29 is 29.1 Å². The van der Waals surface area contributed by atoms with Crippen molar-refractivity contribution in [3.63, 3.8) is 0 Å². The van der Waals surface area contributed by atoms with Gasteiger partial charge in [0.2, 0.25) is 5.91 Å². The smallest absolute Gasteiger partial charge is 0.444 e. The van der Waals surface area contributed by atoms with Crippen molar-refractivity contribution in [3.05, 3.63) is 35.9 Å². The lowest BCUT2D eigenvalue weighted by Crippen LogP contribution is -2.55. The van der Waals surface area contributed by atoms with Gasteiger partial charge >= 0.3 is 13.2 Å². The summed E-state index contributed by atoms with van der Waals surface area (Å²) in [5, 5.41) is 32.3. The number of carbonyl (C=O) groups is 2. The first-order chi connectivity index (χ1) is 19.4. The minimum Gasteiger partial charge on any atom is -0.444 e. The predicted octanol–water partition coefficient (Wildman–Crippen LogP) is 2.77. The second-order valence-corrected chi connectivity index (χ2v) is 12.4. The van der Waals surface area contributed by atoms with Gasteiger partial charge in [-0.1, -0.05) is 37.3 Å². The van der Waals surface area contributed by atoms with E-state index >= 15 is 0 Å². The molecule has 2 heterocycles. The number of hydrogen-bond donors (Lipinski definition) is 3. The molecule has 2 unspecified atom stereocenters. The summed E-state index contributed by atoms with van der Waals surface area (Å²) in [5.41, 5.74) is 0.631. The zero-order chi connectivity index (χ0) is 30.2. The summed E-state index contributed by atoms with van der Waals surface area (Å²) in [4.78, 5) is 30.4. The van der Waals surface area contributed by atoms with Crippen molar-refractivity contribution in [1.29, 1.82) is 5.26 Å². The SMILES string of the molecule is CC(CC(C)(C)N1C[C@H](C)O[C@@H](C)C1)C(C#N)C(=O)N1CCCC[C@@H](OC(=O)N[C@@H](Cc2ccccc2)B(O)O)C1. The topological polar surface area (TPSA) is 135 Å². The number of carbonyl (C=O) groups excluding carboxylic acids is 2. The average molecular weight is 571 g/mol. The molecule has 2 aliphatic heterocycles. The van der Waals surface area contributed by atoms with Gasteiger partial charge in [-0.3, -0.25) is 9.69 Å². The lowest BCUT2D eigenvalue weighted by Gasteiger charge is -2.46. The Morgan fingerprint density at radius 3 is 2.44 bits per heavy atom. The van der Waals surface area contributed by atoms with Gasteiger partial charge in [0.1, 0.15) is 12.0 Å². The van der Waals surface area contributed by atoms with Gasteiger partial charge in [0, 0.05) is 25.2 Å². The first-order valence-corrected chi connectivity index (χ1v) is 14.9. The molecule has 0 saturated carbocycles. The van der Waals surface area contributed by atoms with Crippen molar-refractivity contribution in [2.75, 3.05) is 26.2 Å². The van der Waals surface area contributed by atoms with Crippen LogP contribution < -0.4 is 5.32 Å². The summed E-state index contributed by atoms with van der Waals surface area (Å²) in [6, 6.07) is 11.5. The Balaban J connectivity index is 1.59. The fraction of sp³-hybridized carbons (Fsp3) is 0.700. The minimum absolute atomic E-state index is 0.127. The third kappa shape index (κ3) is 9.71. The molecule has 6 atom stereocenters. The number of amides is 2. The number of nitrogens with zero attached hydrogens (tertiary/aromatic N) is 3. The lowest BCUT2D eigenvalue weighted by atomic mass is 9.76. The maximum Gasteiger partial charge on any atom is 0.475 e. The summed E-state index contributed by atoms with van der Waals surface area (Å²) in [7, 11) is -1.76. The largest absolute Gasteiger partial charge is 0.475 e. The molecule has 41 heavy (non-hydrogen) atoms. The van der Waals surface area contributed by atoms with E-state index in [1.807, 2.05) is 37.3 Å². The first kappa shape index (κ1) is 32.9. The fourth-order valence-corrected chi connectivity index (χ4v) is 6.16. The number of likely N-dealkylation sites (tertiary alicyclic amines) is 1. The van der Waals surface area contributed by atoms with E-state index in [0.717, 1.165) is 31.5 Å². The van der Waals surface area contributed by atoms with Gasteiger partial charge < -0.3 is 29.7 Å². The van der Waals surface area contributed by atoms with Crippen LogP contribution >= 0.6 is 0 Å². The van der Waals surface area contributed by atoms with Crippen LogP contribution in [0.25, 0.3) is 0 Å². The number of alkyl carbamates (subject to hydrolysis) is 1. The van der Waals surface area contributed by atoms with Crippen LogP contribution in [-0.4, -0.2) is 94.9 Å². The molecule has 3 rings (SSSR count). The molecular weight excluding hydrogens is 523 g/mol. The Morgan fingerprint density at radius 2 is 1.83 bits per heavy atom. The molecule has 0 bridgehead atoms. The number of nitriles is 1. The molecule has 226 valence electrons. The quantitative estimate of drug-likeness (QED) is 0.366. The van der Waals surface area contributed by atoms with E-state index in [0.29, 0.717) is 19.4 Å². The van der Waals surface area contributed by atoms with Gasteiger partial charge in [-0.25, -0.2) is 4.79 Å². The van der Waals surface area contributed by atoms with Crippen molar-refractivity contribution in [1.82, 2.24) is 15.1 Å². The van der Waals surface area contributed by atoms with E-state index in [1.54, 1.807) is 4.90 Å². The van der Waals surface area contributed by atoms with Crippen LogP contribution in [0.5, 0.6) is 0 Å². The Hall–Kier alpha value is -2.65. The van der Waals surface area contributed by atoms with Crippen molar-refractivity contribution in [2.24, 2.45) is 11.8 Å². The first-order valence-electron chi connectivity index (χ1n) is 14.9. The monoisotopic (exact) mass is 570 g/mol. The van der Waals surface area contributed by atoms with Crippen LogP contribution in [-0.2, 0) is 20.7 Å². The highest BCUT2D eigenvalue weighted by atomic mass is 16.6. The Morgan fingerprint density at radius 1 is 1.17 bits per heavy atom. The zero-order valence-electron chi connectivity index (χ0n) is 25.2. The molecule has 1 aromatic rings. The minimum atomic E-state index is -1.76. The molecule has 1 aromatic carbocycles. The predicted molar refractivity (Wildman–Crippen MR) is 157 cm³/mol. The third-order valence-electron chi connectivity index (χ3n) is 8.25. The van der Waals surface area contributed by atoms with Crippen molar-refractivity contribution in [3.8, 4) is 6.07 Å². The highest BCUT2D eigenvalue weighted by molar-refractivity contribution is 6.43. The Bertz CT molecular complexity index is 1030. The van der Waals surface area contributed by atoms with E-state index in [2.05, 4.69) is 44.0 Å². The van der Waals surface area contributed by atoms with E-state index in [9.17, 15) is 24.9 Å². The van der Waals surface area contributed by atoms with Gasteiger partial charge in [-0.15, -0.1) is 0 Å². The maximum atomic E-state index is 13.6. The van der Waals surface area contributed by atoms with Crippen LogP contribution in [0.15, 0.2) is 30.3 Å². The van der Waals surface area contributed by atoms with Crippen LogP contribution in [0.2, 0.25) is 0 Å². The third-order valence-corrected chi connectivity index (χ3v) is 8.25. The summed E-state index contributed by atoms with van der Waals surface area (Å²) in [5.74, 6) is -2.16. The Kier molecular flexibility index (Phi) is 12.0.